The molecule has 1 saturated heterocycles. The average molecular weight is 323 g/mol. The van der Waals surface area contributed by atoms with Crippen molar-refractivity contribution in [3.63, 3.8) is 0 Å². The molecule has 0 radical (unpaired) electrons. The van der Waals surface area contributed by atoms with E-state index in [1.807, 2.05) is 0 Å². The highest BCUT2D eigenvalue weighted by atomic mass is 79.9. The van der Waals surface area contributed by atoms with Crippen LogP contribution in [0.25, 0.3) is 0 Å². The predicted octanol–water partition coefficient (Wildman–Crippen LogP) is 5.03. The molecule has 1 aliphatic heterocycles. The Morgan fingerprint density at radius 3 is 2.84 bits per heavy atom. The van der Waals surface area contributed by atoms with Crippen LogP contribution in [0.15, 0.2) is 24.3 Å². The van der Waals surface area contributed by atoms with Gasteiger partial charge in [-0.3, -0.25) is 0 Å². The fraction of sp³-hybridized carbons (Fsp3) is 0.647. The van der Waals surface area contributed by atoms with E-state index in [0.717, 1.165) is 12.5 Å². The number of ether oxygens (including phenoxy) is 1. The zero-order chi connectivity index (χ0) is 13.1. The number of benzene rings is 1. The summed E-state index contributed by atoms with van der Waals surface area (Å²) < 4.78 is 5.76. The molecule has 3 unspecified atom stereocenters. The number of alkyl halides is 1. The van der Waals surface area contributed by atoms with Crippen LogP contribution < -0.4 is 0 Å². The summed E-state index contributed by atoms with van der Waals surface area (Å²) in [6.07, 6.45) is 9.54. The Morgan fingerprint density at radius 2 is 2.00 bits per heavy atom. The summed E-state index contributed by atoms with van der Waals surface area (Å²) >= 11 is 3.97. The highest BCUT2D eigenvalue weighted by molar-refractivity contribution is 9.09. The normalized spacial score (nSPS) is 30.9. The van der Waals surface area contributed by atoms with E-state index in [1.165, 1.54) is 50.5 Å². The zero-order valence-electron chi connectivity index (χ0n) is 11.5. The Balaban J connectivity index is 1.65. The van der Waals surface area contributed by atoms with Crippen molar-refractivity contribution in [2.75, 3.05) is 6.61 Å². The van der Waals surface area contributed by atoms with E-state index in [1.54, 1.807) is 5.56 Å². The van der Waals surface area contributed by atoms with Crippen LogP contribution in [0.5, 0.6) is 0 Å². The molecular formula is C17H23BrO. The maximum atomic E-state index is 5.76. The minimum atomic E-state index is 0.535. The highest BCUT2D eigenvalue weighted by Gasteiger charge is 2.26. The molecule has 0 spiro atoms. The summed E-state index contributed by atoms with van der Waals surface area (Å²) in [5.41, 5.74) is 3.07. The van der Waals surface area contributed by atoms with Gasteiger partial charge in [0.05, 0.1) is 6.10 Å². The Kier molecular flexibility index (Phi) is 4.60. The molecule has 1 nitrogen and oxygen atoms in total. The van der Waals surface area contributed by atoms with E-state index >= 15 is 0 Å². The lowest BCUT2D eigenvalue weighted by atomic mass is 9.91. The number of hydrogen-bond acceptors (Lipinski definition) is 1. The predicted molar refractivity (Wildman–Crippen MR) is 82.7 cm³/mol. The van der Waals surface area contributed by atoms with Gasteiger partial charge in [0.15, 0.2) is 0 Å². The first-order valence-corrected chi connectivity index (χ1v) is 8.59. The molecule has 2 aliphatic rings. The first-order chi connectivity index (χ1) is 9.34. The third-order valence-electron chi connectivity index (χ3n) is 4.67. The minimum absolute atomic E-state index is 0.535. The summed E-state index contributed by atoms with van der Waals surface area (Å²) in [4.78, 5) is 0.535. The van der Waals surface area contributed by atoms with Gasteiger partial charge in [0.25, 0.3) is 0 Å². The monoisotopic (exact) mass is 322 g/mol. The third-order valence-corrected chi connectivity index (χ3v) is 5.91. The summed E-state index contributed by atoms with van der Waals surface area (Å²) in [7, 11) is 0. The number of aryl methyl sites for hydroxylation is 1. The summed E-state index contributed by atoms with van der Waals surface area (Å²) in [5, 5.41) is 0. The van der Waals surface area contributed by atoms with Gasteiger partial charge in [-0.15, -0.1) is 0 Å². The van der Waals surface area contributed by atoms with Gasteiger partial charge in [0.2, 0.25) is 0 Å². The van der Waals surface area contributed by atoms with Crippen molar-refractivity contribution >= 4 is 15.9 Å². The van der Waals surface area contributed by atoms with Gasteiger partial charge in [-0.1, -0.05) is 40.2 Å². The largest absolute Gasteiger partial charge is 0.378 e. The van der Waals surface area contributed by atoms with E-state index < -0.39 is 0 Å². The first-order valence-electron chi connectivity index (χ1n) is 7.68. The van der Waals surface area contributed by atoms with Crippen molar-refractivity contribution < 1.29 is 4.74 Å². The molecule has 1 aliphatic carbocycles. The minimum Gasteiger partial charge on any atom is -0.378 e. The van der Waals surface area contributed by atoms with E-state index in [9.17, 15) is 0 Å². The molecule has 0 saturated carbocycles. The van der Waals surface area contributed by atoms with E-state index in [4.69, 9.17) is 4.74 Å². The first kappa shape index (κ1) is 13.6. The number of fused-ring (bicyclic) bond motifs is 1. The molecule has 104 valence electrons. The average Bonchev–Trinajstić information content (AvgIpc) is 2.90. The van der Waals surface area contributed by atoms with E-state index in [2.05, 4.69) is 40.2 Å². The van der Waals surface area contributed by atoms with Crippen molar-refractivity contribution in [2.24, 2.45) is 5.92 Å². The Bertz CT molecular complexity index is 411. The smallest absolute Gasteiger partial charge is 0.0576 e. The molecule has 1 heterocycles. The van der Waals surface area contributed by atoms with Crippen LogP contribution in [-0.2, 0) is 11.2 Å². The molecule has 1 aromatic rings. The van der Waals surface area contributed by atoms with Crippen LogP contribution in [0.3, 0.4) is 0 Å². The molecule has 0 aromatic heterocycles. The molecule has 0 amide bonds. The molecular weight excluding hydrogens is 300 g/mol. The quantitative estimate of drug-likeness (QED) is 0.560. The highest BCUT2D eigenvalue weighted by Crippen LogP contribution is 2.42. The number of hydrogen-bond donors (Lipinski definition) is 0. The fourth-order valence-corrected chi connectivity index (χ4v) is 4.52. The second-order valence-electron chi connectivity index (χ2n) is 5.97. The molecule has 0 N–H and O–H groups in total. The molecule has 0 bridgehead atoms. The molecule has 1 fully saturated rings. The summed E-state index contributed by atoms with van der Waals surface area (Å²) in [5.74, 6) is 0.771. The van der Waals surface area contributed by atoms with Gasteiger partial charge in [-0.05, 0) is 62.0 Å². The van der Waals surface area contributed by atoms with Gasteiger partial charge in [-0.2, -0.15) is 0 Å². The van der Waals surface area contributed by atoms with Crippen LogP contribution in [0, 0.1) is 5.92 Å². The van der Waals surface area contributed by atoms with E-state index in [-0.39, 0.29) is 0 Å². The molecule has 2 heteroatoms. The molecule has 1 aromatic carbocycles. The standard InChI is InChI=1S/C17H23BrO/c18-17-14(10-11-15-8-4-12-19-15)7-3-6-13-5-1-2-9-16(13)17/h1-2,5,9,14-15,17H,3-4,6-8,10-12H2. The van der Waals surface area contributed by atoms with Crippen molar-refractivity contribution in [2.45, 2.75) is 55.9 Å². The van der Waals surface area contributed by atoms with Crippen molar-refractivity contribution in [3.05, 3.63) is 35.4 Å². The Labute approximate surface area is 124 Å². The SMILES string of the molecule is BrC1c2ccccc2CCCC1CCC1CCCO1. The maximum absolute atomic E-state index is 5.76. The van der Waals surface area contributed by atoms with Crippen LogP contribution in [-0.4, -0.2) is 12.7 Å². The second-order valence-corrected chi connectivity index (χ2v) is 6.95. The van der Waals surface area contributed by atoms with Gasteiger partial charge >= 0.3 is 0 Å². The molecule has 3 rings (SSSR count). The zero-order valence-corrected chi connectivity index (χ0v) is 13.1. The third kappa shape index (κ3) is 3.22. The van der Waals surface area contributed by atoms with Gasteiger partial charge < -0.3 is 4.74 Å². The summed E-state index contributed by atoms with van der Waals surface area (Å²) in [6.45, 7) is 0.982. The molecule has 3 atom stereocenters. The lowest BCUT2D eigenvalue weighted by Crippen LogP contribution is -2.12. The van der Waals surface area contributed by atoms with Crippen molar-refractivity contribution in [1.29, 1.82) is 0 Å². The topological polar surface area (TPSA) is 9.23 Å². The van der Waals surface area contributed by atoms with Gasteiger partial charge in [0, 0.05) is 11.4 Å². The summed E-state index contributed by atoms with van der Waals surface area (Å²) in [6, 6.07) is 8.95. The molecule has 19 heavy (non-hydrogen) atoms. The Morgan fingerprint density at radius 1 is 1.11 bits per heavy atom. The second kappa shape index (κ2) is 6.41. The van der Waals surface area contributed by atoms with Crippen LogP contribution in [0.1, 0.15) is 54.5 Å². The maximum Gasteiger partial charge on any atom is 0.0576 e. The van der Waals surface area contributed by atoms with Crippen molar-refractivity contribution in [1.82, 2.24) is 0 Å². The lowest BCUT2D eigenvalue weighted by molar-refractivity contribution is 0.0975. The fourth-order valence-electron chi connectivity index (χ4n) is 3.55. The van der Waals surface area contributed by atoms with Crippen LogP contribution in [0.2, 0.25) is 0 Å². The lowest BCUT2D eigenvalue weighted by Gasteiger charge is -2.22. The number of halogens is 1. The van der Waals surface area contributed by atoms with Gasteiger partial charge in [-0.25, -0.2) is 0 Å². The van der Waals surface area contributed by atoms with Crippen molar-refractivity contribution in [3.8, 4) is 0 Å². The Hall–Kier alpha value is -0.340. The van der Waals surface area contributed by atoms with Gasteiger partial charge in [0.1, 0.15) is 0 Å². The number of rotatable bonds is 3. The van der Waals surface area contributed by atoms with E-state index in [0.29, 0.717) is 10.9 Å². The van der Waals surface area contributed by atoms with Crippen LogP contribution >= 0.6 is 15.9 Å². The van der Waals surface area contributed by atoms with Crippen LogP contribution in [0.4, 0.5) is 0 Å².